The lowest BCUT2D eigenvalue weighted by atomic mass is 9.88. The van der Waals surface area contributed by atoms with Gasteiger partial charge in [0.15, 0.2) is 9.84 Å². The van der Waals surface area contributed by atoms with Crippen LogP contribution in [0.2, 0.25) is 0 Å². The first kappa shape index (κ1) is 16.2. The van der Waals surface area contributed by atoms with Crippen LogP contribution < -0.4 is 5.32 Å². The van der Waals surface area contributed by atoms with E-state index in [1.54, 1.807) is 0 Å². The van der Waals surface area contributed by atoms with Crippen molar-refractivity contribution in [3.05, 3.63) is 0 Å². The molecular weight excluding hydrogens is 272 g/mol. The van der Waals surface area contributed by atoms with Crippen LogP contribution in [0.25, 0.3) is 0 Å². The second-order valence-corrected chi connectivity index (χ2v) is 9.42. The van der Waals surface area contributed by atoms with Gasteiger partial charge in [-0.2, -0.15) is 0 Å². The summed E-state index contributed by atoms with van der Waals surface area (Å²) >= 11 is 0. The van der Waals surface area contributed by atoms with Crippen LogP contribution in [-0.4, -0.2) is 55.5 Å². The van der Waals surface area contributed by atoms with E-state index in [1.807, 2.05) is 0 Å². The van der Waals surface area contributed by atoms with Crippen LogP contribution in [0.5, 0.6) is 0 Å². The summed E-state index contributed by atoms with van der Waals surface area (Å²) < 4.78 is 23.9. The molecule has 0 bridgehead atoms. The minimum atomic E-state index is -2.84. The van der Waals surface area contributed by atoms with Gasteiger partial charge >= 0.3 is 0 Å². The Hall–Kier alpha value is -0.130. The van der Waals surface area contributed by atoms with Crippen molar-refractivity contribution in [2.24, 2.45) is 5.92 Å². The Morgan fingerprint density at radius 3 is 2.65 bits per heavy atom. The highest BCUT2D eigenvalue weighted by molar-refractivity contribution is 7.91. The predicted octanol–water partition coefficient (Wildman–Crippen LogP) is 1.66. The van der Waals surface area contributed by atoms with Crippen molar-refractivity contribution in [3.63, 3.8) is 0 Å². The summed E-state index contributed by atoms with van der Waals surface area (Å²) in [6.45, 7) is 10.9. The molecule has 0 amide bonds. The highest BCUT2D eigenvalue weighted by atomic mass is 32.2. The summed E-state index contributed by atoms with van der Waals surface area (Å²) in [4.78, 5) is 2.50. The second kappa shape index (κ2) is 5.93. The Morgan fingerprint density at radius 1 is 1.40 bits per heavy atom. The zero-order chi connectivity index (χ0) is 15.0. The zero-order valence-electron chi connectivity index (χ0n) is 13.4. The van der Waals surface area contributed by atoms with Gasteiger partial charge in [-0.3, -0.25) is 4.90 Å². The van der Waals surface area contributed by atoms with Crippen LogP contribution in [0.3, 0.4) is 0 Å². The summed E-state index contributed by atoms with van der Waals surface area (Å²) in [6, 6.07) is 0.669. The first-order chi connectivity index (χ1) is 9.26. The molecule has 2 rings (SSSR count). The highest BCUT2D eigenvalue weighted by Crippen LogP contribution is 2.28. The van der Waals surface area contributed by atoms with E-state index in [-0.39, 0.29) is 11.6 Å². The molecule has 0 aromatic rings. The van der Waals surface area contributed by atoms with E-state index in [4.69, 9.17) is 0 Å². The fraction of sp³-hybridized carbons (Fsp3) is 1.00. The molecule has 1 N–H and O–H groups in total. The fourth-order valence-electron chi connectivity index (χ4n) is 3.56. The van der Waals surface area contributed by atoms with Crippen molar-refractivity contribution < 1.29 is 8.42 Å². The van der Waals surface area contributed by atoms with Gasteiger partial charge in [0, 0.05) is 30.7 Å². The Labute approximate surface area is 124 Å². The molecular formula is C15H30N2O2S. The minimum Gasteiger partial charge on any atom is -0.309 e. The molecule has 2 fully saturated rings. The predicted molar refractivity (Wildman–Crippen MR) is 83.7 cm³/mol. The lowest BCUT2D eigenvalue weighted by Gasteiger charge is -2.51. The third kappa shape index (κ3) is 3.55. The minimum absolute atomic E-state index is 0.118. The van der Waals surface area contributed by atoms with Gasteiger partial charge in [-0.25, -0.2) is 8.42 Å². The zero-order valence-corrected chi connectivity index (χ0v) is 14.2. The molecule has 20 heavy (non-hydrogen) atoms. The number of hydrogen-bond acceptors (Lipinski definition) is 4. The number of rotatable bonds is 3. The highest BCUT2D eigenvalue weighted by Gasteiger charge is 2.41. The fourth-order valence-corrected chi connectivity index (χ4v) is 5.28. The van der Waals surface area contributed by atoms with Crippen LogP contribution in [0.4, 0.5) is 0 Å². The van der Waals surface area contributed by atoms with Crippen LogP contribution in [0, 0.1) is 5.92 Å². The summed E-state index contributed by atoms with van der Waals surface area (Å²) in [7, 11) is -2.84. The number of hydrogen-bond donors (Lipinski definition) is 1. The Balaban J connectivity index is 2.19. The van der Waals surface area contributed by atoms with E-state index in [9.17, 15) is 8.42 Å². The molecule has 3 atom stereocenters. The van der Waals surface area contributed by atoms with Crippen molar-refractivity contribution in [3.8, 4) is 0 Å². The topological polar surface area (TPSA) is 49.4 Å². The Morgan fingerprint density at radius 2 is 2.10 bits per heavy atom. The smallest absolute Gasteiger partial charge is 0.151 e. The molecule has 0 aromatic heterocycles. The molecule has 4 nitrogen and oxygen atoms in total. The van der Waals surface area contributed by atoms with Gasteiger partial charge < -0.3 is 5.32 Å². The molecule has 0 aromatic carbocycles. The van der Waals surface area contributed by atoms with Crippen LogP contribution >= 0.6 is 0 Å². The van der Waals surface area contributed by atoms with E-state index in [0.29, 0.717) is 23.5 Å². The van der Waals surface area contributed by atoms with Crippen molar-refractivity contribution in [1.29, 1.82) is 0 Å². The molecule has 0 spiro atoms. The second-order valence-electron chi connectivity index (χ2n) is 7.19. The molecule has 3 unspecified atom stereocenters. The molecule has 2 aliphatic rings. The third-order valence-electron chi connectivity index (χ3n) is 5.15. The molecule has 2 saturated heterocycles. The van der Waals surface area contributed by atoms with Crippen molar-refractivity contribution in [2.75, 3.05) is 24.6 Å². The molecule has 5 heteroatoms. The van der Waals surface area contributed by atoms with Crippen LogP contribution in [-0.2, 0) is 9.84 Å². The lowest BCUT2D eigenvalue weighted by Crippen LogP contribution is -2.67. The molecule has 0 saturated carbocycles. The quantitative estimate of drug-likeness (QED) is 0.861. The number of piperazine rings is 1. The van der Waals surface area contributed by atoms with Crippen LogP contribution in [0.15, 0.2) is 0 Å². The van der Waals surface area contributed by atoms with Gasteiger partial charge in [0.05, 0.1) is 11.5 Å². The number of sulfone groups is 1. The maximum atomic E-state index is 12.0. The molecule has 0 aliphatic carbocycles. The van der Waals surface area contributed by atoms with Gasteiger partial charge in [-0.1, -0.05) is 20.8 Å². The third-order valence-corrected chi connectivity index (χ3v) is 6.96. The maximum Gasteiger partial charge on any atom is 0.151 e. The normalized spacial score (nSPS) is 39.0. The standard InChI is InChI=1S/C15H30N2O2S/c1-5-15(4)11-17(14(9-16-15)12(2)3)13-7-6-8-20(18,19)10-13/h12-14,16H,5-11H2,1-4H3. The van der Waals surface area contributed by atoms with E-state index < -0.39 is 9.84 Å². The SMILES string of the molecule is CCC1(C)CN(C2CCCS(=O)(=O)C2)C(C(C)C)CN1. The van der Waals surface area contributed by atoms with Gasteiger partial charge in [-0.05, 0) is 32.1 Å². The van der Waals surface area contributed by atoms with Crippen LogP contribution in [0.1, 0.15) is 47.0 Å². The largest absolute Gasteiger partial charge is 0.309 e. The van der Waals surface area contributed by atoms with Crippen molar-refractivity contribution in [1.82, 2.24) is 10.2 Å². The molecule has 0 radical (unpaired) electrons. The van der Waals surface area contributed by atoms with Gasteiger partial charge in [0.1, 0.15) is 0 Å². The summed E-state index contributed by atoms with van der Waals surface area (Å²) in [5.41, 5.74) is 0.118. The lowest BCUT2D eigenvalue weighted by molar-refractivity contribution is 0.0272. The van der Waals surface area contributed by atoms with E-state index >= 15 is 0 Å². The van der Waals surface area contributed by atoms with Gasteiger partial charge in [0.2, 0.25) is 0 Å². The molecule has 2 heterocycles. The van der Waals surface area contributed by atoms with Gasteiger partial charge in [-0.15, -0.1) is 0 Å². The van der Waals surface area contributed by atoms with E-state index in [2.05, 4.69) is 37.9 Å². The maximum absolute atomic E-state index is 12.0. The molecule has 118 valence electrons. The molecule has 2 aliphatic heterocycles. The first-order valence-corrected chi connectivity index (χ1v) is 9.80. The number of nitrogens with one attached hydrogen (secondary N) is 1. The monoisotopic (exact) mass is 302 g/mol. The van der Waals surface area contributed by atoms with E-state index in [1.165, 1.54) is 0 Å². The first-order valence-electron chi connectivity index (χ1n) is 7.97. The van der Waals surface area contributed by atoms with Crippen molar-refractivity contribution in [2.45, 2.75) is 64.6 Å². The summed E-state index contributed by atoms with van der Waals surface area (Å²) in [6.07, 6.45) is 2.93. The van der Waals surface area contributed by atoms with E-state index in [0.717, 1.165) is 32.4 Å². The summed E-state index contributed by atoms with van der Waals surface area (Å²) in [5, 5.41) is 3.68. The summed E-state index contributed by atoms with van der Waals surface area (Å²) in [5.74, 6) is 1.29. The Bertz CT molecular complexity index is 435. The van der Waals surface area contributed by atoms with Crippen molar-refractivity contribution >= 4 is 9.84 Å². The van der Waals surface area contributed by atoms with Gasteiger partial charge in [0.25, 0.3) is 0 Å². The number of nitrogens with zero attached hydrogens (tertiary/aromatic N) is 1. The Kier molecular flexibility index (Phi) is 4.82. The average Bonchev–Trinajstić information content (AvgIpc) is 2.37. The average molecular weight is 302 g/mol.